The van der Waals surface area contributed by atoms with Crippen LogP contribution in [0.15, 0.2) is 0 Å². The molecule has 0 aromatic heterocycles. The molecular formula is C12H20N2O4. The molecule has 4 N–H and O–H groups in total. The molecular weight excluding hydrogens is 236 g/mol. The van der Waals surface area contributed by atoms with Crippen LogP contribution in [0.3, 0.4) is 0 Å². The minimum Gasteiger partial charge on any atom is -0.481 e. The Morgan fingerprint density at radius 3 is 2.72 bits per heavy atom. The first-order chi connectivity index (χ1) is 8.45. The molecule has 2 rings (SSSR count). The lowest BCUT2D eigenvalue weighted by molar-refractivity contribution is -0.142. The fraction of sp³-hybridized carbons (Fsp3) is 0.833. The fourth-order valence-electron chi connectivity index (χ4n) is 2.75. The Labute approximate surface area is 106 Å². The molecule has 4 unspecified atom stereocenters. The molecule has 1 amide bonds. The summed E-state index contributed by atoms with van der Waals surface area (Å²) < 4.78 is 5.13. The zero-order chi connectivity index (χ0) is 13.3. The highest BCUT2D eigenvalue weighted by molar-refractivity contribution is 5.84. The quantitative estimate of drug-likeness (QED) is 0.644. The van der Waals surface area contributed by atoms with E-state index in [2.05, 4.69) is 5.32 Å². The van der Waals surface area contributed by atoms with E-state index in [4.69, 9.17) is 15.6 Å². The van der Waals surface area contributed by atoms with Gasteiger partial charge in [0.1, 0.15) is 5.92 Å². The van der Waals surface area contributed by atoms with Gasteiger partial charge in [0.15, 0.2) is 0 Å². The average molecular weight is 256 g/mol. The SMILES string of the molecule is CC1(C(=O)NC2COCC2C(=O)O)CCCC1N. The van der Waals surface area contributed by atoms with Gasteiger partial charge in [-0.2, -0.15) is 0 Å². The number of rotatable bonds is 3. The predicted octanol–water partition coefficient (Wildman–Crippen LogP) is -0.280. The van der Waals surface area contributed by atoms with Crippen molar-refractivity contribution in [3.63, 3.8) is 0 Å². The van der Waals surface area contributed by atoms with Crippen LogP contribution in [0, 0.1) is 11.3 Å². The second kappa shape index (κ2) is 4.85. The lowest BCUT2D eigenvalue weighted by atomic mass is 9.83. The van der Waals surface area contributed by atoms with Crippen molar-refractivity contribution in [3.05, 3.63) is 0 Å². The van der Waals surface area contributed by atoms with Crippen molar-refractivity contribution >= 4 is 11.9 Å². The van der Waals surface area contributed by atoms with Gasteiger partial charge in [-0.25, -0.2) is 0 Å². The maximum absolute atomic E-state index is 12.3. The van der Waals surface area contributed by atoms with E-state index in [9.17, 15) is 9.59 Å². The summed E-state index contributed by atoms with van der Waals surface area (Å²) in [6.45, 7) is 2.27. The highest BCUT2D eigenvalue weighted by atomic mass is 16.5. The summed E-state index contributed by atoms with van der Waals surface area (Å²) in [5.41, 5.74) is 5.40. The van der Waals surface area contributed by atoms with E-state index >= 15 is 0 Å². The highest BCUT2D eigenvalue weighted by Crippen LogP contribution is 2.37. The molecule has 18 heavy (non-hydrogen) atoms. The zero-order valence-electron chi connectivity index (χ0n) is 10.5. The normalized spacial score (nSPS) is 39.8. The molecule has 0 aromatic rings. The van der Waals surface area contributed by atoms with Crippen molar-refractivity contribution in [3.8, 4) is 0 Å². The predicted molar refractivity (Wildman–Crippen MR) is 63.8 cm³/mol. The summed E-state index contributed by atoms with van der Waals surface area (Å²) in [5.74, 6) is -1.73. The molecule has 1 saturated heterocycles. The van der Waals surface area contributed by atoms with Crippen molar-refractivity contribution in [1.29, 1.82) is 0 Å². The number of ether oxygens (including phenoxy) is 1. The van der Waals surface area contributed by atoms with Gasteiger partial charge in [-0.3, -0.25) is 9.59 Å². The van der Waals surface area contributed by atoms with Gasteiger partial charge in [0.2, 0.25) is 5.91 Å². The summed E-state index contributed by atoms with van der Waals surface area (Å²) in [5, 5.41) is 11.8. The van der Waals surface area contributed by atoms with Crippen LogP contribution in [0.1, 0.15) is 26.2 Å². The third kappa shape index (κ3) is 2.22. The second-order valence-corrected chi connectivity index (χ2v) is 5.48. The van der Waals surface area contributed by atoms with Crippen LogP contribution in [-0.2, 0) is 14.3 Å². The molecule has 1 aliphatic heterocycles. The summed E-state index contributed by atoms with van der Waals surface area (Å²) in [6, 6.07) is -0.595. The van der Waals surface area contributed by atoms with E-state index < -0.39 is 23.3 Å². The van der Waals surface area contributed by atoms with E-state index in [0.29, 0.717) is 0 Å². The molecule has 0 spiro atoms. The number of nitrogens with two attached hydrogens (primary N) is 1. The van der Waals surface area contributed by atoms with Crippen LogP contribution in [-0.4, -0.2) is 42.3 Å². The van der Waals surface area contributed by atoms with Crippen molar-refractivity contribution in [2.45, 2.75) is 38.3 Å². The fourth-order valence-corrected chi connectivity index (χ4v) is 2.75. The Morgan fingerprint density at radius 1 is 1.44 bits per heavy atom. The molecule has 102 valence electrons. The number of carbonyl (C=O) groups excluding carboxylic acids is 1. The van der Waals surface area contributed by atoms with Crippen LogP contribution in [0.2, 0.25) is 0 Å². The molecule has 4 atom stereocenters. The van der Waals surface area contributed by atoms with Crippen molar-refractivity contribution in [1.82, 2.24) is 5.32 Å². The van der Waals surface area contributed by atoms with E-state index in [1.54, 1.807) is 0 Å². The molecule has 2 fully saturated rings. The average Bonchev–Trinajstić information content (AvgIpc) is 2.88. The molecule has 1 saturated carbocycles. The Morgan fingerprint density at radius 2 is 2.17 bits per heavy atom. The number of hydrogen-bond acceptors (Lipinski definition) is 4. The Bertz CT molecular complexity index is 360. The van der Waals surface area contributed by atoms with Crippen LogP contribution < -0.4 is 11.1 Å². The van der Waals surface area contributed by atoms with Crippen LogP contribution in [0.4, 0.5) is 0 Å². The Balaban J connectivity index is 2.01. The molecule has 0 aromatic carbocycles. The number of nitrogens with one attached hydrogen (secondary N) is 1. The second-order valence-electron chi connectivity index (χ2n) is 5.48. The van der Waals surface area contributed by atoms with Gasteiger partial charge in [0.05, 0.1) is 24.7 Å². The topological polar surface area (TPSA) is 102 Å². The third-order valence-corrected chi connectivity index (χ3v) is 4.26. The standard InChI is InChI=1S/C12H20N2O4/c1-12(4-2-3-9(12)13)11(17)14-8-6-18-5-7(8)10(15)16/h7-9H,2-6,13H2,1H3,(H,14,17)(H,15,16). The van der Waals surface area contributed by atoms with E-state index in [1.165, 1.54) is 0 Å². The smallest absolute Gasteiger partial charge is 0.311 e. The van der Waals surface area contributed by atoms with Gasteiger partial charge in [0.25, 0.3) is 0 Å². The highest BCUT2D eigenvalue weighted by Gasteiger charge is 2.45. The largest absolute Gasteiger partial charge is 0.481 e. The lowest BCUT2D eigenvalue weighted by Crippen LogP contribution is -2.52. The minimum atomic E-state index is -0.932. The number of carboxylic acids is 1. The van der Waals surface area contributed by atoms with Crippen molar-refractivity contribution < 1.29 is 19.4 Å². The van der Waals surface area contributed by atoms with Gasteiger partial charge < -0.3 is 20.9 Å². The number of amides is 1. The van der Waals surface area contributed by atoms with Crippen molar-refractivity contribution in [2.75, 3.05) is 13.2 Å². The number of carbonyl (C=O) groups is 2. The molecule has 2 aliphatic rings. The molecule has 1 aliphatic carbocycles. The van der Waals surface area contributed by atoms with Gasteiger partial charge >= 0.3 is 5.97 Å². The molecule has 0 bridgehead atoms. The lowest BCUT2D eigenvalue weighted by Gasteiger charge is -2.29. The maximum Gasteiger partial charge on any atom is 0.311 e. The van der Waals surface area contributed by atoms with Crippen LogP contribution >= 0.6 is 0 Å². The van der Waals surface area contributed by atoms with Gasteiger partial charge in [-0.15, -0.1) is 0 Å². The summed E-state index contributed by atoms with van der Waals surface area (Å²) >= 11 is 0. The zero-order valence-corrected chi connectivity index (χ0v) is 10.5. The van der Waals surface area contributed by atoms with E-state index in [0.717, 1.165) is 19.3 Å². The summed E-state index contributed by atoms with van der Waals surface area (Å²) in [4.78, 5) is 23.3. The van der Waals surface area contributed by atoms with Crippen molar-refractivity contribution in [2.24, 2.45) is 17.1 Å². The minimum absolute atomic E-state index is 0.144. The maximum atomic E-state index is 12.3. The molecule has 0 radical (unpaired) electrons. The first-order valence-corrected chi connectivity index (χ1v) is 6.32. The number of aliphatic carboxylic acids is 1. The van der Waals surface area contributed by atoms with Gasteiger partial charge in [-0.1, -0.05) is 6.42 Å². The van der Waals surface area contributed by atoms with Gasteiger partial charge in [-0.05, 0) is 19.8 Å². The monoisotopic (exact) mass is 256 g/mol. The Hall–Kier alpha value is -1.14. The van der Waals surface area contributed by atoms with E-state index in [1.807, 2.05) is 6.92 Å². The van der Waals surface area contributed by atoms with Gasteiger partial charge in [0, 0.05) is 6.04 Å². The first-order valence-electron chi connectivity index (χ1n) is 6.32. The molecule has 1 heterocycles. The number of carboxylic acid groups (broad SMARTS) is 1. The third-order valence-electron chi connectivity index (χ3n) is 4.26. The van der Waals surface area contributed by atoms with Crippen LogP contribution in [0.25, 0.3) is 0 Å². The molecule has 6 nitrogen and oxygen atoms in total. The molecule has 6 heteroatoms. The summed E-state index contributed by atoms with van der Waals surface area (Å²) in [7, 11) is 0. The summed E-state index contributed by atoms with van der Waals surface area (Å²) in [6.07, 6.45) is 2.54. The van der Waals surface area contributed by atoms with Crippen LogP contribution in [0.5, 0.6) is 0 Å². The van der Waals surface area contributed by atoms with E-state index in [-0.39, 0.29) is 25.2 Å². The Kier molecular flexibility index (Phi) is 3.59. The first kappa shape index (κ1) is 13.3. The number of hydrogen-bond donors (Lipinski definition) is 3.